The van der Waals surface area contributed by atoms with Crippen LogP contribution in [-0.4, -0.2) is 4.98 Å². The normalized spacial score (nSPS) is 10.8. The van der Waals surface area contributed by atoms with Crippen molar-refractivity contribution in [2.24, 2.45) is 0 Å². The molecule has 66 valence electrons. The molecule has 2 nitrogen and oxygen atoms in total. The van der Waals surface area contributed by atoms with Gasteiger partial charge in [-0.2, -0.15) is 0 Å². The molecule has 0 fully saturated rings. The number of nitrogens with zero attached hydrogens (tertiary/aromatic N) is 1. The van der Waals surface area contributed by atoms with Gasteiger partial charge in [-0.05, 0) is 37.0 Å². The SMILES string of the molecule is Cc1cc(N)nc(C(C)C)c1C. The Balaban J connectivity index is 3.28. The van der Waals surface area contributed by atoms with Gasteiger partial charge in [0.05, 0.1) is 0 Å². The van der Waals surface area contributed by atoms with Crippen molar-refractivity contribution < 1.29 is 0 Å². The number of pyridine rings is 1. The fourth-order valence-corrected chi connectivity index (χ4v) is 1.35. The Morgan fingerprint density at radius 3 is 2.42 bits per heavy atom. The molecule has 0 spiro atoms. The van der Waals surface area contributed by atoms with Gasteiger partial charge >= 0.3 is 0 Å². The number of rotatable bonds is 1. The maximum Gasteiger partial charge on any atom is 0.123 e. The highest BCUT2D eigenvalue weighted by atomic mass is 14.8. The highest BCUT2D eigenvalue weighted by molar-refractivity contribution is 5.40. The van der Waals surface area contributed by atoms with E-state index in [9.17, 15) is 0 Å². The van der Waals surface area contributed by atoms with E-state index in [-0.39, 0.29) is 0 Å². The van der Waals surface area contributed by atoms with Crippen molar-refractivity contribution in [2.75, 3.05) is 5.73 Å². The fraction of sp³-hybridized carbons (Fsp3) is 0.500. The second kappa shape index (κ2) is 3.13. The van der Waals surface area contributed by atoms with Crippen LogP contribution in [0.25, 0.3) is 0 Å². The fourth-order valence-electron chi connectivity index (χ4n) is 1.35. The van der Waals surface area contributed by atoms with Crippen molar-refractivity contribution in [2.45, 2.75) is 33.6 Å². The summed E-state index contributed by atoms with van der Waals surface area (Å²) in [5.74, 6) is 1.08. The lowest BCUT2D eigenvalue weighted by Crippen LogP contribution is -2.02. The van der Waals surface area contributed by atoms with Crippen molar-refractivity contribution in [1.82, 2.24) is 4.98 Å². The second-order valence-corrected chi connectivity index (χ2v) is 3.53. The highest BCUT2D eigenvalue weighted by Gasteiger charge is 2.07. The van der Waals surface area contributed by atoms with Gasteiger partial charge < -0.3 is 5.73 Å². The van der Waals surface area contributed by atoms with E-state index in [1.807, 2.05) is 6.07 Å². The van der Waals surface area contributed by atoms with Crippen molar-refractivity contribution in [1.29, 1.82) is 0 Å². The molecule has 0 saturated heterocycles. The number of aromatic nitrogens is 1. The third kappa shape index (κ3) is 1.58. The molecule has 1 heterocycles. The van der Waals surface area contributed by atoms with Gasteiger partial charge in [0.1, 0.15) is 5.82 Å². The summed E-state index contributed by atoms with van der Waals surface area (Å²) >= 11 is 0. The average Bonchev–Trinajstić information content (AvgIpc) is 1.96. The van der Waals surface area contributed by atoms with Crippen LogP contribution >= 0.6 is 0 Å². The molecule has 0 atom stereocenters. The van der Waals surface area contributed by atoms with E-state index in [2.05, 4.69) is 32.7 Å². The number of nitrogens with two attached hydrogens (primary N) is 1. The summed E-state index contributed by atoms with van der Waals surface area (Å²) in [5, 5.41) is 0. The van der Waals surface area contributed by atoms with Crippen LogP contribution in [0.4, 0.5) is 5.82 Å². The molecular weight excluding hydrogens is 148 g/mol. The topological polar surface area (TPSA) is 38.9 Å². The van der Waals surface area contributed by atoms with Crippen LogP contribution in [0.5, 0.6) is 0 Å². The molecule has 0 radical (unpaired) electrons. The van der Waals surface area contributed by atoms with Crippen molar-refractivity contribution in [3.05, 3.63) is 22.9 Å². The Labute approximate surface area is 73.8 Å². The molecule has 0 bridgehead atoms. The summed E-state index contributed by atoms with van der Waals surface area (Å²) in [4.78, 5) is 4.31. The number of hydrogen-bond acceptors (Lipinski definition) is 2. The van der Waals surface area contributed by atoms with Crippen molar-refractivity contribution >= 4 is 5.82 Å². The van der Waals surface area contributed by atoms with E-state index < -0.39 is 0 Å². The van der Waals surface area contributed by atoms with Crippen LogP contribution in [0.15, 0.2) is 6.07 Å². The number of anilines is 1. The molecule has 0 aliphatic heterocycles. The quantitative estimate of drug-likeness (QED) is 0.692. The van der Waals surface area contributed by atoms with Gasteiger partial charge in [-0.1, -0.05) is 13.8 Å². The Morgan fingerprint density at radius 1 is 1.33 bits per heavy atom. The third-order valence-corrected chi connectivity index (χ3v) is 2.14. The summed E-state index contributed by atoms with van der Waals surface area (Å²) in [6.07, 6.45) is 0. The Hall–Kier alpha value is -1.05. The highest BCUT2D eigenvalue weighted by Crippen LogP contribution is 2.20. The summed E-state index contributed by atoms with van der Waals surface area (Å²) in [6.45, 7) is 8.43. The predicted octanol–water partition coefficient (Wildman–Crippen LogP) is 2.40. The molecule has 1 aromatic heterocycles. The molecular formula is C10H16N2. The maximum absolute atomic E-state index is 5.66. The molecule has 0 aliphatic carbocycles. The molecule has 0 amide bonds. The lowest BCUT2D eigenvalue weighted by atomic mass is 10.0. The lowest BCUT2D eigenvalue weighted by Gasteiger charge is -2.11. The Morgan fingerprint density at radius 2 is 1.92 bits per heavy atom. The zero-order valence-corrected chi connectivity index (χ0v) is 8.18. The predicted molar refractivity (Wildman–Crippen MR) is 52.2 cm³/mol. The van der Waals surface area contributed by atoms with Crippen LogP contribution in [-0.2, 0) is 0 Å². The lowest BCUT2D eigenvalue weighted by molar-refractivity contribution is 0.811. The second-order valence-electron chi connectivity index (χ2n) is 3.53. The molecule has 2 heteroatoms. The minimum Gasteiger partial charge on any atom is -0.384 e. The van der Waals surface area contributed by atoms with Crippen LogP contribution in [0, 0.1) is 13.8 Å². The van der Waals surface area contributed by atoms with Gasteiger partial charge in [0, 0.05) is 5.69 Å². The largest absolute Gasteiger partial charge is 0.384 e. The molecule has 0 aliphatic rings. The third-order valence-electron chi connectivity index (χ3n) is 2.14. The Bertz CT molecular complexity index is 290. The van der Waals surface area contributed by atoms with Crippen molar-refractivity contribution in [3.8, 4) is 0 Å². The average molecular weight is 164 g/mol. The zero-order chi connectivity index (χ0) is 9.30. The van der Waals surface area contributed by atoms with Crippen LogP contribution in [0.3, 0.4) is 0 Å². The summed E-state index contributed by atoms with van der Waals surface area (Å²) in [6, 6.07) is 1.92. The molecule has 1 rings (SSSR count). The van der Waals surface area contributed by atoms with Crippen LogP contribution < -0.4 is 5.73 Å². The van der Waals surface area contributed by atoms with Crippen molar-refractivity contribution in [3.63, 3.8) is 0 Å². The zero-order valence-electron chi connectivity index (χ0n) is 8.18. The minimum absolute atomic E-state index is 0.451. The van der Waals surface area contributed by atoms with E-state index in [1.165, 1.54) is 11.1 Å². The molecule has 2 N–H and O–H groups in total. The molecule has 12 heavy (non-hydrogen) atoms. The standard InChI is InChI=1S/C10H16N2/c1-6(2)10-8(4)7(3)5-9(11)12-10/h5-6H,1-4H3,(H2,11,12). The minimum atomic E-state index is 0.451. The molecule has 1 aromatic rings. The number of aryl methyl sites for hydroxylation is 1. The molecule has 0 unspecified atom stereocenters. The van der Waals surface area contributed by atoms with E-state index in [1.54, 1.807) is 0 Å². The first-order chi connectivity index (χ1) is 5.52. The smallest absolute Gasteiger partial charge is 0.123 e. The summed E-state index contributed by atoms with van der Waals surface area (Å²) < 4.78 is 0. The maximum atomic E-state index is 5.66. The van der Waals surface area contributed by atoms with Gasteiger partial charge in [-0.3, -0.25) is 0 Å². The van der Waals surface area contributed by atoms with E-state index in [0.717, 1.165) is 5.69 Å². The van der Waals surface area contributed by atoms with Gasteiger partial charge in [-0.15, -0.1) is 0 Å². The summed E-state index contributed by atoms with van der Waals surface area (Å²) in [5.41, 5.74) is 9.26. The number of nitrogen functional groups attached to an aromatic ring is 1. The van der Waals surface area contributed by atoms with Gasteiger partial charge in [0.2, 0.25) is 0 Å². The monoisotopic (exact) mass is 164 g/mol. The van der Waals surface area contributed by atoms with E-state index in [4.69, 9.17) is 5.73 Å². The summed E-state index contributed by atoms with van der Waals surface area (Å²) in [7, 11) is 0. The Kier molecular flexibility index (Phi) is 2.36. The van der Waals surface area contributed by atoms with Crippen LogP contribution in [0.2, 0.25) is 0 Å². The first-order valence-electron chi connectivity index (χ1n) is 4.26. The molecule has 0 saturated carbocycles. The van der Waals surface area contributed by atoms with Gasteiger partial charge in [0.25, 0.3) is 0 Å². The number of hydrogen-bond donors (Lipinski definition) is 1. The first-order valence-corrected chi connectivity index (χ1v) is 4.26. The van der Waals surface area contributed by atoms with Gasteiger partial charge in [0.15, 0.2) is 0 Å². The first kappa shape index (κ1) is 9.04. The van der Waals surface area contributed by atoms with E-state index in [0.29, 0.717) is 11.7 Å². The van der Waals surface area contributed by atoms with Crippen LogP contribution in [0.1, 0.15) is 36.6 Å². The van der Waals surface area contributed by atoms with E-state index >= 15 is 0 Å². The molecule has 0 aromatic carbocycles. The van der Waals surface area contributed by atoms with Gasteiger partial charge in [-0.25, -0.2) is 4.98 Å².